The summed E-state index contributed by atoms with van der Waals surface area (Å²) in [5.41, 5.74) is 1.98. The Balaban J connectivity index is 1.78. The van der Waals surface area contributed by atoms with Crippen LogP contribution in [-0.4, -0.2) is 16.9 Å². The van der Waals surface area contributed by atoms with Gasteiger partial charge in [0.1, 0.15) is 0 Å². The minimum absolute atomic E-state index is 0.260. The van der Waals surface area contributed by atoms with Gasteiger partial charge in [0.2, 0.25) is 5.91 Å². The fraction of sp³-hybridized carbons (Fsp3) is 0.438. The number of rotatable bonds is 3. The second-order valence-electron chi connectivity index (χ2n) is 5.80. The molecule has 1 heterocycles. The summed E-state index contributed by atoms with van der Waals surface area (Å²) in [7, 11) is 0. The monoisotopic (exact) mass is 317 g/mol. The largest absolute Gasteiger partial charge is 0.550 e. The molecule has 3 rings (SSSR count). The van der Waals surface area contributed by atoms with Gasteiger partial charge in [-0.05, 0) is 37.5 Å². The number of hydrogen-bond acceptors (Lipinski definition) is 5. The maximum atomic E-state index is 12.4. The molecule has 1 fully saturated rings. The number of nitrogens with zero attached hydrogens (tertiary/aromatic N) is 1. The van der Waals surface area contributed by atoms with Crippen LogP contribution in [0.5, 0.6) is 0 Å². The first-order valence-electron chi connectivity index (χ1n) is 7.43. The van der Waals surface area contributed by atoms with Crippen LogP contribution < -0.4 is 10.4 Å². The number of amides is 1. The van der Waals surface area contributed by atoms with Gasteiger partial charge in [0, 0.05) is 17.8 Å². The number of carbonyl (C=O) groups is 2. The summed E-state index contributed by atoms with van der Waals surface area (Å²) < 4.78 is 1.01. The SMILES string of the molecule is Cc1ccc2nc(NC(=O)C3CCCCC3C(=O)[O-])sc2c1. The van der Waals surface area contributed by atoms with Crippen LogP contribution in [0.2, 0.25) is 0 Å². The van der Waals surface area contributed by atoms with E-state index in [0.717, 1.165) is 28.6 Å². The number of hydrogen-bond donors (Lipinski definition) is 1. The van der Waals surface area contributed by atoms with E-state index >= 15 is 0 Å². The Morgan fingerprint density at radius 1 is 1.27 bits per heavy atom. The zero-order valence-electron chi connectivity index (χ0n) is 12.3. The standard InChI is InChI=1S/C16H18N2O3S/c1-9-6-7-12-13(8-9)22-16(17-12)18-14(19)10-4-2-3-5-11(10)15(20)21/h6-8,10-11H,2-5H2,1H3,(H,20,21)(H,17,18,19)/p-1. The molecule has 1 aromatic carbocycles. The third kappa shape index (κ3) is 2.97. The molecule has 116 valence electrons. The zero-order valence-corrected chi connectivity index (χ0v) is 13.1. The molecule has 5 nitrogen and oxygen atoms in total. The highest BCUT2D eigenvalue weighted by molar-refractivity contribution is 7.22. The van der Waals surface area contributed by atoms with Crippen LogP contribution in [0.1, 0.15) is 31.2 Å². The van der Waals surface area contributed by atoms with Crippen molar-refractivity contribution in [3.05, 3.63) is 23.8 Å². The third-order valence-electron chi connectivity index (χ3n) is 4.18. The number of fused-ring (bicyclic) bond motifs is 1. The van der Waals surface area contributed by atoms with Crippen molar-refractivity contribution >= 4 is 38.6 Å². The van der Waals surface area contributed by atoms with E-state index in [0.29, 0.717) is 18.0 Å². The number of benzene rings is 1. The summed E-state index contributed by atoms with van der Waals surface area (Å²) in [6, 6.07) is 5.91. The summed E-state index contributed by atoms with van der Waals surface area (Å²) in [5, 5.41) is 14.5. The molecule has 0 bridgehead atoms. The Morgan fingerprint density at radius 3 is 2.73 bits per heavy atom. The summed E-state index contributed by atoms with van der Waals surface area (Å²) in [5.74, 6) is -2.60. The lowest BCUT2D eigenvalue weighted by Gasteiger charge is -2.30. The van der Waals surface area contributed by atoms with Crippen LogP contribution in [0.25, 0.3) is 10.2 Å². The smallest absolute Gasteiger partial charge is 0.229 e. The number of aromatic nitrogens is 1. The normalized spacial score (nSPS) is 21.7. The summed E-state index contributed by atoms with van der Waals surface area (Å²) in [6.45, 7) is 2.00. The molecule has 1 aromatic heterocycles. The lowest BCUT2D eigenvalue weighted by Crippen LogP contribution is -2.42. The molecule has 0 radical (unpaired) electrons. The molecule has 1 aliphatic carbocycles. The summed E-state index contributed by atoms with van der Waals surface area (Å²) in [4.78, 5) is 28.0. The van der Waals surface area contributed by atoms with Gasteiger partial charge in [-0.15, -0.1) is 0 Å². The Morgan fingerprint density at radius 2 is 2.00 bits per heavy atom. The minimum Gasteiger partial charge on any atom is -0.550 e. The number of thiazole rings is 1. The highest BCUT2D eigenvalue weighted by atomic mass is 32.1. The van der Waals surface area contributed by atoms with Crippen LogP contribution in [0.3, 0.4) is 0 Å². The molecule has 0 spiro atoms. The molecule has 0 saturated heterocycles. The van der Waals surface area contributed by atoms with Crippen LogP contribution in [0.15, 0.2) is 18.2 Å². The van der Waals surface area contributed by atoms with E-state index in [1.54, 1.807) is 0 Å². The van der Waals surface area contributed by atoms with Crippen LogP contribution in [-0.2, 0) is 9.59 Å². The second-order valence-corrected chi connectivity index (χ2v) is 6.83. The van der Waals surface area contributed by atoms with E-state index in [2.05, 4.69) is 10.3 Å². The van der Waals surface area contributed by atoms with Crippen LogP contribution >= 0.6 is 11.3 Å². The Labute approximate surface area is 132 Å². The van der Waals surface area contributed by atoms with Gasteiger partial charge in [0.15, 0.2) is 5.13 Å². The molecule has 1 N–H and O–H groups in total. The number of aliphatic carboxylic acids is 1. The van der Waals surface area contributed by atoms with Crippen molar-refractivity contribution in [1.82, 2.24) is 4.98 Å². The minimum atomic E-state index is -1.13. The molecule has 2 unspecified atom stereocenters. The van der Waals surface area contributed by atoms with E-state index in [1.807, 2.05) is 25.1 Å². The van der Waals surface area contributed by atoms with E-state index in [-0.39, 0.29) is 5.91 Å². The van der Waals surface area contributed by atoms with Gasteiger partial charge in [0.05, 0.1) is 10.2 Å². The topological polar surface area (TPSA) is 82.1 Å². The molecule has 2 atom stereocenters. The Bertz CT molecular complexity index is 725. The number of carboxylic acid groups (broad SMARTS) is 1. The number of carbonyl (C=O) groups excluding carboxylic acids is 2. The van der Waals surface area contributed by atoms with E-state index < -0.39 is 17.8 Å². The molecule has 2 aromatic rings. The van der Waals surface area contributed by atoms with E-state index in [9.17, 15) is 14.7 Å². The average molecular weight is 317 g/mol. The maximum absolute atomic E-state index is 12.4. The molecule has 0 aliphatic heterocycles. The number of anilines is 1. The first-order valence-corrected chi connectivity index (χ1v) is 8.25. The van der Waals surface area contributed by atoms with Crippen LogP contribution in [0.4, 0.5) is 5.13 Å². The summed E-state index contributed by atoms with van der Waals surface area (Å²) in [6.07, 6.45) is 2.82. The molecule has 1 saturated carbocycles. The van der Waals surface area contributed by atoms with Crippen molar-refractivity contribution in [2.24, 2.45) is 11.8 Å². The van der Waals surface area contributed by atoms with Gasteiger partial charge < -0.3 is 15.2 Å². The van der Waals surface area contributed by atoms with Gasteiger partial charge >= 0.3 is 0 Å². The van der Waals surface area contributed by atoms with Crippen molar-refractivity contribution in [2.45, 2.75) is 32.6 Å². The number of aryl methyl sites for hydroxylation is 1. The van der Waals surface area contributed by atoms with Crippen molar-refractivity contribution in [1.29, 1.82) is 0 Å². The fourth-order valence-electron chi connectivity index (χ4n) is 3.01. The first-order chi connectivity index (χ1) is 10.5. The van der Waals surface area contributed by atoms with Crippen molar-refractivity contribution < 1.29 is 14.7 Å². The van der Waals surface area contributed by atoms with Gasteiger partial charge in [0.25, 0.3) is 0 Å². The molecule has 1 aliphatic rings. The second kappa shape index (κ2) is 6.04. The predicted octanol–water partition coefficient (Wildman–Crippen LogP) is 2.10. The van der Waals surface area contributed by atoms with Gasteiger partial charge in [-0.3, -0.25) is 4.79 Å². The van der Waals surface area contributed by atoms with Crippen LogP contribution in [0, 0.1) is 18.8 Å². The van der Waals surface area contributed by atoms with E-state index in [1.165, 1.54) is 11.3 Å². The van der Waals surface area contributed by atoms with Gasteiger partial charge in [-0.1, -0.05) is 30.2 Å². The predicted molar refractivity (Wildman–Crippen MR) is 83.4 cm³/mol. The fourth-order valence-corrected chi connectivity index (χ4v) is 3.98. The van der Waals surface area contributed by atoms with E-state index in [4.69, 9.17) is 0 Å². The lowest BCUT2D eigenvalue weighted by molar-refractivity contribution is -0.313. The van der Waals surface area contributed by atoms with Crippen molar-refractivity contribution in [3.63, 3.8) is 0 Å². The molecule has 6 heteroatoms. The lowest BCUT2D eigenvalue weighted by atomic mass is 9.79. The quantitative estimate of drug-likeness (QED) is 0.940. The highest BCUT2D eigenvalue weighted by Crippen LogP contribution is 2.32. The van der Waals surface area contributed by atoms with Gasteiger partial charge in [-0.25, -0.2) is 4.98 Å². The molecule has 1 amide bonds. The summed E-state index contributed by atoms with van der Waals surface area (Å²) >= 11 is 1.41. The Hall–Kier alpha value is -1.95. The van der Waals surface area contributed by atoms with Crippen molar-refractivity contribution in [2.75, 3.05) is 5.32 Å². The first kappa shape index (κ1) is 15.0. The van der Waals surface area contributed by atoms with Crippen molar-refractivity contribution in [3.8, 4) is 0 Å². The van der Waals surface area contributed by atoms with Gasteiger partial charge in [-0.2, -0.15) is 0 Å². The number of nitrogens with one attached hydrogen (secondary N) is 1. The maximum Gasteiger partial charge on any atom is 0.229 e. The third-order valence-corrected chi connectivity index (χ3v) is 5.11. The molecular formula is C16H17N2O3S-. The number of carboxylic acids is 1. The highest BCUT2D eigenvalue weighted by Gasteiger charge is 2.32. The zero-order chi connectivity index (χ0) is 15.7. The molecule has 22 heavy (non-hydrogen) atoms. The average Bonchev–Trinajstić information content (AvgIpc) is 2.88. The Kier molecular flexibility index (Phi) is 4.11. The molecular weight excluding hydrogens is 300 g/mol.